The van der Waals surface area contributed by atoms with Crippen LogP contribution in [0.4, 0.5) is 0 Å². The highest BCUT2D eigenvalue weighted by molar-refractivity contribution is 6.06. The molecule has 5 heterocycles. The summed E-state index contributed by atoms with van der Waals surface area (Å²) in [5.41, 5.74) is 25.7. The number of H-pyrrole nitrogens is 2. The van der Waals surface area contributed by atoms with Gasteiger partial charge in [0.05, 0.1) is 22.8 Å². The van der Waals surface area contributed by atoms with Crippen molar-refractivity contribution in [3.8, 4) is 11.1 Å². The van der Waals surface area contributed by atoms with Crippen molar-refractivity contribution in [3.05, 3.63) is 142 Å². The number of benzene rings is 1. The van der Waals surface area contributed by atoms with Crippen molar-refractivity contribution in [1.29, 1.82) is 0 Å². The maximum atomic E-state index is 5.92. The van der Waals surface area contributed by atoms with Crippen molar-refractivity contribution in [1.82, 2.24) is 19.9 Å². The first-order valence-electron chi connectivity index (χ1n) is 22.8. The molecule has 8 unspecified atom stereocenters. The van der Waals surface area contributed by atoms with E-state index in [-0.39, 0.29) is 0 Å². The molecular formula is C54H50N4. The molecule has 12 aliphatic carbocycles. The van der Waals surface area contributed by atoms with Gasteiger partial charge in [0.25, 0.3) is 0 Å². The van der Waals surface area contributed by atoms with Crippen molar-refractivity contribution >= 4 is 44.4 Å². The normalized spacial score (nSPS) is 29.7. The fourth-order valence-electron chi connectivity index (χ4n) is 13.6. The van der Waals surface area contributed by atoms with Gasteiger partial charge in [-0.15, -0.1) is 0 Å². The monoisotopic (exact) mass is 754 g/mol. The first kappa shape index (κ1) is 32.7. The van der Waals surface area contributed by atoms with Gasteiger partial charge in [0.2, 0.25) is 0 Å². The zero-order valence-corrected chi connectivity index (χ0v) is 33.5. The summed E-state index contributed by atoms with van der Waals surface area (Å²) in [6.45, 7) is 2.29. The van der Waals surface area contributed by atoms with Crippen LogP contribution >= 0.6 is 0 Å². The van der Waals surface area contributed by atoms with Gasteiger partial charge in [0, 0.05) is 75.0 Å². The minimum absolute atomic E-state index is 0.381. The van der Waals surface area contributed by atoms with E-state index in [2.05, 4.69) is 108 Å². The molecule has 4 heteroatoms. The average Bonchev–Trinajstić information content (AvgIpc) is 4.07. The van der Waals surface area contributed by atoms with E-state index >= 15 is 0 Å². The van der Waals surface area contributed by atoms with E-state index in [9.17, 15) is 0 Å². The molecule has 1 aromatic carbocycles. The molecule has 286 valence electrons. The van der Waals surface area contributed by atoms with Crippen LogP contribution in [0, 0.1) is 23.7 Å². The number of hydrogen-bond acceptors (Lipinski definition) is 2. The number of hydrogen-bond donors (Lipinski definition) is 2. The molecule has 8 atom stereocenters. The van der Waals surface area contributed by atoms with Crippen molar-refractivity contribution in [2.75, 3.05) is 0 Å². The molecule has 3 aromatic heterocycles. The van der Waals surface area contributed by atoms with Gasteiger partial charge < -0.3 is 9.97 Å². The summed E-state index contributed by atoms with van der Waals surface area (Å²) < 4.78 is 0. The second-order valence-electron chi connectivity index (χ2n) is 19.2. The molecule has 0 amide bonds. The van der Waals surface area contributed by atoms with Gasteiger partial charge in [0.15, 0.2) is 0 Å². The van der Waals surface area contributed by atoms with Crippen molar-refractivity contribution in [2.45, 2.75) is 101 Å². The molecule has 4 nitrogen and oxygen atoms in total. The molecule has 16 bridgehead atoms. The van der Waals surface area contributed by atoms with Gasteiger partial charge in [-0.2, -0.15) is 0 Å². The van der Waals surface area contributed by atoms with Gasteiger partial charge in [-0.1, -0.05) is 86.2 Å². The Kier molecular flexibility index (Phi) is 6.73. The number of aromatic nitrogens is 4. The Morgan fingerprint density at radius 3 is 1.24 bits per heavy atom. The molecule has 14 aliphatic rings. The fraction of sp³-hybridized carbons (Fsp3) is 0.370. The van der Waals surface area contributed by atoms with E-state index in [0.717, 1.165) is 6.42 Å². The lowest BCUT2D eigenvalue weighted by Crippen LogP contribution is -2.20. The molecule has 0 saturated heterocycles. The molecule has 0 fully saturated rings. The molecule has 2 aliphatic heterocycles. The van der Waals surface area contributed by atoms with E-state index in [1.54, 1.807) is 0 Å². The zero-order chi connectivity index (χ0) is 37.8. The molecule has 0 saturated carbocycles. The minimum atomic E-state index is 0.381. The van der Waals surface area contributed by atoms with E-state index in [1.165, 1.54) is 170 Å². The van der Waals surface area contributed by atoms with Gasteiger partial charge in [-0.3, -0.25) is 0 Å². The number of fused-ring (bicyclic) bond motifs is 12. The maximum Gasteiger partial charge on any atom is 0.0778 e. The van der Waals surface area contributed by atoms with E-state index < -0.39 is 0 Å². The third-order valence-corrected chi connectivity index (χ3v) is 16.2. The number of nitrogens with zero attached hydrogens (tertiary/aromatic N) is 2. The standard InChI is InChI=1S/C54H50N4/c1-2-3-4-28-5-7-37(8-6-28)52-53-50-35-21-17-33(18-22-35)48(50)42(57-53)26-40-46-31-13-9-29(10-14-31)44(46)38(55-40)25-39-45-30-11-15-32(16-12-30)47(45)41(56-39)27-43-49-34-19-23-36(24-20-34)51(49)54(52)58-43/h5-9,11,13,15,17,19,21,23,25-27,29-36,55-56H,2-4,10,12,14,16,18,20,22,24H2,1H3. The van der Waals surface area contributed by atoms with E-state index in [1.807, 2.05) is 0 Å². The lowest BCUT2D eigenvalue weighted by atomic mass is 9.68. The molecule has 18 rings (SSSR count). The van der Waals surface area contributed by atoms with Crippen LogP contribution in [0.15, 0.2) is 91.1 Å². The van der Waals surface area contributed by atoms with Crippen LogP contribution in [0.25, 0.3) is 55.5 Å². The fourth-order valence-corrected chi connectivity index (χ4v) is 13.6. The summed E-state index contributed by atoms with van der Waals surface area (Å²) in [4.78, 5) is 20.1. The van der Waals surface area contributed by atoms with Crippen LogP contribution in [0.1, 0.15) is 145 Å². The Balaban J connectivity index is 1.16. The highest BCUT2D eigenvalue weighted by Gasteiger charge is 2.43. The highest BCUT2D eigenvalue weighted by Crippen LogP contribution is 2.58. The largest absolute Gasteiger partial charge is 0.355 e. The van der Waals surface area contributed by atoms with Crippen molar-refractivity contribution in [2.24, 2.45) is 23.7 Å². The number of aromatic amines is 2. The predicted molar refractivity (Wildman–Crippen MR) is 237 cm³/mol. The van der Waals surface area contributed by atoms with Crippen molar-refractivity contribution in [3.63, 3.8) is 0 Å². The highest BCUT2D eigenvalue weighted by atomic mass is 14.8. The Labute approximate surface area is 340 Å². The predicted octanol–water partition coefficient (Wildman–Crippen LogP) is 13.4. The Morgan fingerprint density at radius 1 is 0.466 bits per heavy atom. The zero-order valence-electron chi connectivity index (χ0n) is 33.5. The van der Waals surface area contributed by atoms with Crippen molar-refractivity contribution < 1.29 is 0 Å². The molecule has 2 N–H and O–H groups in total. The maximum absolute atomic E-state index is 5.92. The molecule has 0 spiro atoms. The molecule has 4 aromatic rings. The first-order chi connectivity index (χ1) is 28.7. The van der Waals surface area contributed by atoms with E-state index in [4.69, 9.17) is 9.97 Å². The summed E-state index contributed by atoms with van der Waals surface area (Å²) in [7, 11) is 0. The quantitative estimate of drug-likeness (QED) is 0.204. The SMILES string of the molecule is CCCCc1ccc(-c2c3nc(cc4[nH]c(cc5[nH]c(cc6nc2C2=C6C6C=CC2CC6)c2c5C5C=CC2CC5)c2c4C4C=CC2CC4)C2=C3C3C=CC2CC3)cc1. The number of unbranched alkanes of at least 4 members (excludes halogenated alkanes) is 1. The Morgan fingerprint density at radius 2 is 0.845 bits per heavy atom. The summed E-state index contributed by atoms with van der Waals surface area (Å²) in [5.74, 6) is 3.37. The first-order valence-corrected chi connectivity index (χ1v) is 22.8. The van der Waals surface area contributed by atoms with Crippen LogP contribution in [-0.4, -0.2) is 19.9 Å². The number of nitrogens with one attached hydrogen (secondary N) is 2. The summed E-state index contributed by atoms with van der Waals surface area (Å²) in [6, 6.07) is 17.1. The van der Waals surface area contributed by atoms with E-state index in [0.29, 0.717) is 47.3 Å². The summed E-state index contributed by atoms with van der Waals surface area (Å²) >= 11 is 0. The lowest BCUT2D eigenvalue weighted by Gasteiger charge is -2.34. The number of allylic oxidation sites excluding steroid dienone is 12. The summed E-state index contributed by atoms with van der Waals surface area (Å²) in [5, 5.41) is 0. The van der Waals surface area contributed by atoms with Crippen LogP contribution in [0.2, 0.25) is 0 Å². The van der Waals surface area contributed by atoms with Gasteiger partial charge in [0.1, 0.15) is 0 Å². The second kappa shape index (κ2) is 11.9. The number of aryl methyl sites for hydroxylation is 1. The van der Waals surface area contributed by atoms with Crippen LogP contribution in [0.3, 0.4) is 0 Å². The number of rotatable bonds is 4. The molecular weight excluding hydrogens is 705 g/mol. The van der Waals surface area contributed by atoms with Crippen LogP contribution in [-0.2, 0) is 6.42 Å². The van der Waals surface area contributed by atoms with Gasteiger partial charge >= 0.3 is 0 Å². The minimum Gasteiger partial charge on any atom is -0.355 e. The topological polar surface area (TPSA) is 57.4 Å². The molecule has 58 heavy (non-hydrogen) atoms. The van der Waals surface area contributed by atoms with Gasteiger partial charge in [-0.25, -0.2) is 9.97 Å². The Bertz CT molecular complexity index is 2710. The van der Waals surface area contributed by atoms with Crippen LogP contribution < -0.4 is 0 Å². The summed E-state index contributed by atoms with van der Waals surface area (Å²) in [6.07, 6.45) is 33.3. The lowest BCUT2D eigenvalue weighted by molar-refractivity contribution is 0.557. The third-order valence-electron chi connectivity index (χ3n) is 16.2. The smallest absolute Gasteiger partial charge is 0.0778 e. The van der Waals surface area contributed by atoms with Crippen LogP contribution in [0.5, 0.6) is 0 Å². The van der Waals surface area contributed by atoms with Gasteiger partial charge in [-0.05, 0) is 138 Å². The Hall–Kier alpha value is -5.22. The third kappa shape index (κ3) is 4.42. The average molecular weight is 755 g/mol. The molecule has 0 radical (unpaired) electrons. The second-order valence-corrected chi connectivity index (χ2v) is 19.2.